The van der Waals surface area contributed by atoms with Gasteiger partial charge in [0.1, 0.15) is 0 Å². The second-order valence-electron chi connectivity index (χ2n) is 4.43. The number of aromatic nitrogens is 4. The summed E-state index contributed by atoms with van der Waals surface area (Å²) in [6.45, 7) is 0. The normalized spacial score (nSPS) is 10.1. The number of nitrogens with zero attached hydrogens (tertiary/aromatic N) is 3. The van der Waals surface area contributed by atoms with Crippen LogP contribution in [0, 0.1) is 0 Å². The Hall–Kier alpha value is -2.45. The molecule has 3 aromatic heterocycles. The average molecular weight is 398 g/mol. The lowest BCUT2D eigenvalue weighted by atomic mass is 10.2. The van der Waals surface area contributed by atoms with Gasteiger partial charge in [-0.05, 0) is 34.1 Å². The minimum absolute atomic E-state index is 0. The summed E-state index contributed by atoms with van der Waals surface area (Å²) in [4.78, 5) is 31.2. The maximum atomic E-state index is 12.4. The minimum Gasteiger partial charge on any atom is -0.478 e. The van der Waals surface area contributed by atoms with E-state index in [0.29, 0.717) is 16.9 Å². The van der Waals surface area contributed by atoms with Gasteiger partial charge in [-0.2, -0.15) is 0 Å². The molecule has 0 spiro atoms. The van der Waals surface area contributed by atoms with E-state index in [9.17, 15) is 9.59 Å². The van der Waals surface area contributed by atoms with Crippen LogP contribution in [0.4, 0.5) is 0 Å². The minimum atomic E-state index is -1.07. The number of nitrogens with one attached hydrogen (secondary N) is 1. The molecule has 0 aliphatic carbocycles. The van der Waals surface area contributed by atoms with Crippen molar-refractivity contribution in [1.29, 1.82) is 0 Å². The monoisotopic (exact) mass is 396 g/mol. The Morgan fingerprint density at radius 1 is 1.26 bits per heavy atom. The highest BCUT2D eigenvalue weighted by Gasteiger charge is 2.12. The van der Waals surface area contributed by atoms with E-state index in [1.54, 1.807) is 24.7 Å². The molecule has 0 unspecified atom stereocenters. The van der Waals surface area contributed by atoms with E-state index in [1.807, 2.05) is 0 Å². The Balaban J connectivity index is 0.00000192. The number of carbonyl (C=O) groups is 1. The Morgan fingerprint density at radius 2 is 2.04 bits per heavy atom. The fraction of sp³-hybridized carbons (Fsp3) is 0. The summed E-state index contributed by atoms with van der Waals surface area (Å²) in [6, 6.07) is 4.63. The van der Waals surface area contributed by atoms with Crippen molar-refractivity contribution in [3.63, 3.8) is 0 Å². The second-order valence-corrected chi connectivity index (χ2v) is 5.35. The number of hydrogen-bond donors (Lipinski definition) is 2. The van der Waals surface area contributed by atoms with Crippen LogP contribution in [0.1, 0.15) is 10.4 Å². The van der Waals surface area contributed by atoms with E-state index in [2.05, 4.69) is 31.0 Å². The predicted molar refractivity (Wildman–Crippen MR) is 89.3 cm³/mol. The Morgan fingerprint density at radius 3 is 2.65 bits per heavy atom. The van der Waals surface area contributed by atoms with E-state index in [4.69, 9.17) is 5.11 Å². The van der Waals surface area contributed by atoms with Crippen LogP contribution >= 0.6 is 28.3 Å². The first kappa shape index (κ1) is 16.9. The van der Waals surface area contributed by atoms with Crippen molar-refractivity contribution in [2.75, 3.05) is 0 Å². The molecule has 0 fully saturated rings. The standard InChI is InChI=1S/C14H9BrN4O3.ClH/c15-10-3-9(4-16-6-10)11-7-18-19(13(11)20)12-2-1-8(5-17-12)14(21)22;/h1-7,18H,(H,21,22);1H. The van der Waals surface area contributed by atoms with Gasteiger partial charge >= 0.3 is 5.97 Å². The second kappa shape index (κ2) is 6.76. The molecule has 0 saturated carbocycles. The van der Waals surface area contributed by atoms with Crippen LogP contribution in [-0.2, 0) is 0 Å². The highest BCUT2D eigenvalue weighted by molar-refractivity contribution is 9.10. The van der Waals surface area contributed by atoms with Gasteiger partial charge in [-0.1, -0.05) is 0 Å². The molecular weight excluding hydrogens is 388 g/mol. The number of aromatic amines is 1. The van der Waals surface area contributed by atoms with Crippen molar-refractivity contribution >= 4 is 34.3 Å². The van der Waals surface area contributed by atoms with E-state index >= 15 is 0 Å². The van der Waals surface area contributed by atoms with E-state index in [1.165, 1.54) is 23.0 Å². The lowest BCUT2D eigenvalue weighted by Gasteiger charge is -2.00. The summed E-state index contributed by atoms with van der Waals surface area (Å²) in [5.74, 6) is -0.761. The molecule has 3 aromatic rings. The highest BCUT2D eigenvalue weighted by Crippen LogP contribution is 2.18. The van der Waals surface area contributed by atoms with Crippen molar-refractivity contribution < 1.29 is 9.90 Å². The molecule has 2 N–H and O–H groups in total. The predicted octanol–water partition coefficient (Wildman–Crippen LogP) is 2.51. The van der Waals surface area contributed by atoms with Crippen molar-refractivity contribution in [3.05, 3.63) is 63.4 Å². The Bertz CT molecular complexity index is 905. The summed E-state index contributed by atoms with van der Waals surface area (Å²) >= 11 is 3.31. The van der Waals surface area contributed by atoms with Gasteiger partial charge < -0.3 is 5.11 Å². The van der Waals surface area contributed by atoms with Crippen LogP contribution in [0.15, 0.2) is 52.3 Å². The van der Waals surface area contributed by atoms with E-state index < -0.39 is 5.97 Å². The van der Waals surface area contributed by atoms with Gasteiger partial charge in [-0.15, -0.1) is 12.4 Å². The van der Waals surface area contributed by atoms with Crippen LogP contribution < -0.4 is 5.56 Å². The molecule has 0 aliphatic rings. The number of halogens is 2. The first-order chi connectivity index (χ1) is 10.6. The molecule has 0 atom stereocenters. The van der Waals surface area contributed by atoms with Crippen LogP contribution in [0.3, 0.4) is 0 Å². The third-order valence-corrected chi connectivity index (χ3v) is 3.44. The number of carboxylic acid groups (broad SMARTS) is 1. The molecule has 0 amide bonds. The fourth-order valence-corrected chi connectivity index (χ4v) is 2.32. The van der Waals surface area contributed by atoms with E-state index in [0.717, 1.165) is 4.47 Å². The molecule has 3 rings (SSSR count). The summed E-state index contributed by atoms with van der Waals surface area (Å²) < 4.78 is 2.00. The number of hydrogen-bond acceptors (Lipinski definition) is 4. The average Bonchev–Trinajstić information content (AvgIpc) is 2.89. The van der Waals surface area contributed by atoms with Crippen LogP contribution in [0.2, 0.25) is 0 Å². The summed E-state index contributed by atoms with van der Waals surface area (Å²) in [7, 11) is 0. The lowest BCUT2D eigenvalue weighted by Crippen LogP contribution is -2.17. The Labute approximate surface area is 144 Å². The van der Waals surface area contributed by atoms with Gasteiger partial charge in [-0.25, -0.2) is 14.5 Å². The van der Waals surface area contributed by atoms with Crippen LogP contribution in [0.5, 0.6) is 0 Å². The van der Waals surface area contributed by atoms with Crippen molar-refractivity contribution in [3.8, 4) is 16.9 Å². The summed E-state index contributed by atoms with van der Waals surface area (Å²) in [5.41, 5.74) is 0.865. The molecule has 0 aliphatic heterocycles. The Kier molecular flexibility index (Phi) is 4.97. The maximum absolute atomic E-state index is 12.4. The van der Waals surface area contributed by atoms with Gasteiger partial charge in [0.2, 0.25) is 0 Å². The molecule has 118 valence electrons. The molecular formula is C14H10BrClN4O3. The smallest absolute Gasteiger partial charge is 0.337 e. The van der Waals surface area contributed by atoms with Gasteiger partial charge in [0.05, 0.1) is 11.1 Å². The zero-order valence-electron chi connectivity index (χ0n) is 11.4. The molecule has 0 radical (unpaired) electrons. The first-order valence-electron chi connectivity index (χ1n) is 6.17. The van der Waals surface area contributed by atoms with E-state index in [-0.39, 0.29) is 23.5 Å². The quantitative estimate of drug-likeness (QED) is 0.707. The number of pyridine rings is 2. The molecule has 0 bridgehead atoms. The maximum Gasteiger partial charge on any atom is 0.337 e. The molecule has 9 heteroatoms. The van der Waals surface area contributed by atoms with Crippen LogP contribution in [-0.4, -0.2) is 30.8 Å². The van der Waals surface area contributed by atoms with Crippen molar-refractivity contribution in [1.82, 2.24) is 19.7 Å². The molecule has 7 nitrogen and oxygen atoms in total. The van der Waals surface area contributed by atoms with Gasteiger partial charge in [0, 0.05) is 34.8 Å². The SMILES string of the molecule is Cl.O=C(O)c1ccc(-n2[nH]cc(-c3cncc(Br)c3)c2=O)nc1. The summed E-state index contributed by atoms with van der Waals surface area (Å²) in [5, 5.41) is 11.7. The third kappa shape index (κ3) is 3.33. The van der Waals surface area contributed by atoms with Gasteiger partial charge in [0.15, 0.2) is 5.82 Å². The topological polar surface area (TPSA) is 101 Å². The number of aromatic carboxylic acids is 1. The largest absolute Gasteiger partial charge is 0.478 e. The number of rotatable bonds is 3. The van der Waals surface area contributed by atoms with Gasteiger partial charge in [-0.3, -0.25) is 14.9 Å². The first-order valence-corrected chi connectivity index (χ1v) is 6.96. The fourth-order valence-electron chi connectivity index (χ4n) is 1.95. The highest BCUT2D eigenvalue weighted by atomic mass is 79.9. The summed E-state index contributed by atoms with van der Waals surface area (Å²) in [6.07, 6.45) is 5.96. The lowest BCUT2D eigenvalue weighted by molar-refractivity contribution is 0.0696. The molecule has 0 aromatic carbocycles. The zero-order chi connectivity index (χ0) is 15.7. The van der Waals surface area contributed by atoms with Crippen LogP contribution in [0.25, 0.3) is 16.9 Å². The van der Waals surface area contributed by atoms with Gasteiger partial charge in [0.25, 0.3) is 5.56 Å². The third-order valence-electron chi connectivity index (χ3n) is 3.01. The van der Waals surface area contributed by atoms with Crippen molar-refractivity contribution in [2.24, 2.45) is 0 Å². The molecule has 23 heavy (non-hydrogen) atoms. The zero-order valence-corrected chi connectivity index (χ0v) is 13.8. The molecule has 3 heterocycles. The number of carboxylic acids is 1. The molecule has 0 saturated heterocycles. The number of H-pyrrole nitrogens is 1. The van der Waals surface area contributed by atoms with Crippen molar-refractivity contribution in [2.45, 2.75) is 0 Å².